The summed E-state index contributed by atoms with van der Waals surface area (Å²) in [4.78, 5) is 0. The molecule has 5 heteroatoms. The van der Waals surface area contributed by atoms with E-state index in [0.29, 0.717) is 5.41 Å². The van der Waals surface area contributed by atoms with Gasteiger partial charge in [0.15, 0.2) is 16.6 Å². The Balaban J connectivity index is -0.0000000419. The van der Waals surface area contributed by atoms with Gasteiger partial charge in [-0.2, -0.15) is 0 Å². The zero-order chi connectivity index (χ0) is 104. The van der Waals surface area contributed by atoms with E-state index in [2.05, 4.69) is 97.9 Å². The summed E-state index contributed by atoms with van der Waals surface area (Å²) < 4.78 is 10.2. The van der Waals surface area contributed by atoms with Crippen molar-refractivity contribution < 1.29 is 8.85 Å². The average molecular weight is 1800 g/mol. The van der Waals surface area contributed by atoms with Gasteiger partial charge < -0.3 is 8.85 Å². The number of methoxy groups -OCH3 is 1. The van der Waals surface area contributed by atoms with E-state index >= 15 is 0 Å². The normalized spacial score (nSPS) is 7.19. The molecule has 2 nitrogen and oxygen atoms in total. The molecule has 11 aromatic carbocycles. The Morgan fingerprint density at radius 3 is 0.151 bits per heavy atom. The van der Waals surface area contributed by atoms with Crippen LogP contribution >= 0.6 is 0 Å². The van der Waals surface area contributed by atoms with Gasteiger partial charge >= 0.3 is 0 Å². The van der Waals surface area contributed by atoms with E-state index in [4.69, 9.17) is 4.12 Å². The van der Waals surface area contributed by atoms with Crippen molar-refractivity contribution in [2.45, 2.75) is 356 Å². The predicted molar refractivity (Wildman–Crippen MR) is 622 cm³/mol. The molecule has 0 aliphatic heterocycles. The van der Waals surface area contributed by atoms with Crippen molar-refractivity contribution in [3.05, 3.63) is 400 Å². The molecule has 0 aliphatic rings. The molecule has 126 heavy (non-hydrogen) atoms. The Labute approximate surface area is 804 Å². The highest BCUT2D eigenvalue weighted by Crippen LogP contribution is 2.12. The van der Waals surface area contributed by atoms with Gasteiger partial charge in [-0.1, -0.05) is 717 Å². The molecule has 0 unspecified atom stereocenters. The fraction of sp³-hybridized carbons (Fsp3) is 0.455. The first-order valence-electron chi connectivity index (χ1n) is 49.2. The summed E-state index contributed by atoms with van der Waals surface area (Å²) in [6.45, 7) is 108. The topological polar surface area (TPSA) is 18.5 Å². The SMILES string of the molecule is CC.CC.CC.CC.CC.CC.CC.CC.CC.CC.CC.CC.CC.CC.CC.CC.CC.CC.CC.CC(C)(C)C.COC.C[Si](C)(C)C.C[Si](C)(C)O[Si](C)(C)C.c1ccccc1.c1ccccc1.c1ccccc1.c1ccccc1.c1ccccc1.c1ccccc1.c1ccccc1.c1ccccc1.c1ccccc1.c1ccccc1.c1ccccc1. The molecular formula is C121H228O2Si3. The van der Waals surface area contributed by atoms with Crippen LogP contribution in [0.5, 0.6) is 0 Å². The molecular weight excluding hydrogens is 1570 g/mol. The summed E-state index contributed by atoms with van der Waals surface area (Å²) in [5.74, 6) is 0. The number of hydrogen-bond acceptors (Lipinski definition) is 2. The number of ether oxygens (including phenoxy) is 1. The molecule has 0 aliphatic carbocycles. The van der Waals surface area contributed by atoms with Gasteiger partial charge in [-0.3, -0.25) is 0 Å². The van der Waals surface area contributed by atoms with Crippen molar-refractivity contribution in [1.29, 1.82) is 0 Å². The molecule has 0 aromatic heterocycles. The highest BCUT2D eigenvalue weighted by Gasteiger charge is 2.24. The van der Waals surface area contributed by atoms with Gasteiger partial charge in [0.05, 0.1) is 0 Å². The van der Waals surface area contributed by atoms with Crippen LogP contribution in [0.3, 0.4) is 0 Å². The predicted octanol–water partition coefficient (Wildman–Crippen LogP) is 45.0. The lowest BCUT2D eigenvalue weighted by molar-refractivity contribution is 0.277. The zero-order valence-electron chi connectivity index (χ0n) is 94.9. The Morgan fingerprint density at radius 2 is 0.143 bits per heavy atom. The van der Waals surface area contributed by atoms with Crippen molar-refractivity contribution in [1.82, 2.24) is 0 Å². The van der Waals surface area contributed by atoms with E-state index < -0.39 is 24.7 Å². The first-order chi connectivity index (χ1) is 61.1. The Bertz CT molecular complexity index is 1820. The van der Waals surface area contributed by atoms with Crippen LogP contribution < -0.4 is 0 Å². The Kier molecular flexibility index (Phi) is 317. The molecule has 0 amide bonds. The molecule has 0 atom stereocenters. The summed E-state index contributed by atoms with van der Waals surface area (Å²) in [5.41, 5.74) is 0.500. The van der Waals surface area contributed by atoms with Crippen molar-refractivity contribution in [2.75, 3.05) is 14.2 Å². The third-order valence-electron chi connectivity index (χ3n) is 7.95. The van der Waals surface area contributed by atoms with Gasteiger partial charge in [-0.05, 0) is 44.7 Å². The minimum absolute atomic E-state index is 0.500. The van der Waals surface area contributed by atoms with E-state index in [9.17, 15) is 0 Å². The second-order valence-corrected chi connectivity index (χ2v) is 38.7. The maximum Gasteiger partial charge on any atom is 0.170 e. The minimum atomic E-state index is -1.23. The smallest absolute Gasteiger partial charge is 0.170 e. The Morgan fingerprint density at radius 1 is 0.119 bits per heavy atom. The number of rotatable bonds is 2. The van der Waals surface area contributed by atoms with Crippen LogP contribution in [0.4, 0.5) is 0 Å². The van der Waals surface area contributed by atoms with Crippen LogP contribution in [0.2, 0.25) is 65.5 Å². The molecule has 0 heterocycles. The molecule has 11 rings (SSSR count). The second-order valence-electron chi connectivity index (χ2n) is 23.4. The van der Waals surface area contributed by atoms with Gasteiger partial charge in [0.1, 0.15) is 0 Å². The van der Waals surface area contributed by atoms with Crippen LogP contribution in [0.15, 0.2) is 400 Å². The standard InChI is InChI=1S/C6H18OSi2.11C6H6.C5H12.C4H12Si.C2H6O.19C2H6/c1-8(2,3)7-9(4,5)6;11*1-2-4-6-5-3-1;2*1-5(2,3)4;1-3-2;19*1-2/h1-6H3;11*1-6H;2*1-4H3;1-2H3;19*1-2H3. The fourth-order valence-corrected chi connectivity index (χ4v) is 12.5. The summed E-state index contributed by atoms with van der Waals surface area (Å²) in [5, 5.41) is 0. The van der Waals surface area contributed by atoms with Gasteiger partial charge in [0, 0.05) is 22.3 Å². The largest absolute Gasteiger partial charge is 0.456 e. The maximum absolute atomic E-state index is 5.90. The molecule has 736 valence electrons. The highest BCUT2D eigenvalue weighted by molar-refractivity contribution is 6.83. The quantitative estimate of drug-likeness (QED) is 0.161. The van der Waals surface area contributed by atoms with Gasteiger partial charge in [-0.25, -0.2) is 0 Å². The highest BCUT2D eigenvalue weighted by atomic mass is 28.4. The maximum atomic E-state index is 5.90. The Hall–Kier alpha value is -8.01. The average Bonchev–Trinajstić information content (AvgIpc) is 0.913. The molecule has 0 bridgehead atoms. The fourth-order valence-electron chi connectivity index (χ4n) is 5.15. The van der Waals surface area contributed by atoms with Crippen molar-refractivity contribution in [2.24, 2.45) is 5.41 Å². The van der Waals surface area contributed by atoms with E-state index in [1.807, 2.05) is 663 Å². The molecule has 0 saturated heterocycles. The van der Waals surface area contributed by atoms with Gasteiger partial charge in [0.25, 0.3) is 0 Å². The van der Waals surface area contributed by atoms with Crippen LogP contribution in [0, 0.1) is 5.41 Å². The molecule has 0 saturated carbocycles. The monoisotopic (exact) mass is 1800 g/mol. The van der Waals surface area contributed by atoms with Crippen LogP contribution in [0.25, 0.3) is 0 Å². The number of benzene rings is 11. The summed E-state index contributed by atoms with van der Waals surface area (Å²) in [7, 11) is 0.177. The summed E-state index contributed by atoms with van der Waals surface area (Å²) in [6.07, 6.45) is 0. The molecule has 0 N–H and O–H groups in total. The third-order valence-corrected chi connectivity index (χ3v) is 12.8. The first kappa shape index (κ1) is 179. The lowest BCUT2D eigenvalue weighted by Gasteiger charge is -2.27. The second kappa shape index (κ2) is 223. The van der Waals surface area contributed by atoms with Crippen LogP contribution in [-0.4, -0.2) is 38.9 Å². The van der Waals surface area contributed by atoms with Crippen LogP contribution in [0.1, 0.15) is 291 Å². The van der Waals surface area contributed by atoms with Crippen molar-refractivity contribution in [3.8, 4) is 0 Å². The first-order valence-corrected chi connectivity index (χ1v) is 60.0. The zero-order valence-corrected chi connectivity index (χ0v) is 97.9. The number of hydrogen-bond donors (Lipinski definition) is 0. The van der Waals surface area contributed by atoms with E-state index in [-0.39, 0.29) is 0 Å². The molecule has 0 radical (unpaired) electrons. The molecule has 0 spiro atoms. The van der Waals surface area contributed by atoms with Gasteiger partial charge in [0.2, 0.25) is 0 Å². The molecule has 11 aromatic rings. The third kappa shape index (κ3) is 375. The van der Waals surface area contributed by atoms with E-state index in [0.717, 1.165) is 0 Å². The lowest BCUT2D eigenvalue weighted by Crippen LogP contribution is -2.39. The van der Waals surface area contributed by atoms with Crippen LogP contribution in [-0.2, 0) is 8.85 Å². The minimum Gasteiger partial charge on any atom is -0.456 e. The van der Waals surface area contributed by atoms with E-state index in [1.54, 1.807) is 14.2 Å². The molecule has 0 fully saturated rings. The van der Waals surface area contributed by atoms with Crippen molar-refractivity contribution >= 4 is 24.7 Å². The summed E-state index contributed by atoms with van der Waals surface area (Å²) in [6, 6.07) is 132. The summed E-state index contributed by atoms with van der Waals surface area (Å²) >= 11 is 0. The van der Waals surface area contributed by atoms with E-state index in [1.165, 1.54) is 0 Å². The van der Waals surface area contributed by atoms with Gasteiger partial charge in [-0.15, -0.1) is 0 Å². The van der Waals surface area contributed by atoms with Crippen molar-refractivity contribution in [3.63, 3.8) is 0 Å². The lowest BCUT2D eigenvalue weighted by atomic mass is 10.0.